The molecule has 0 bridgehead atoms. The molecule has 0 aromatic rings. The number of hydrogen-bond acceptors (Lipinski definition) is 3. The molecule has 1 atom stereocenters. The number of fused-ring (bicyclic) bond motifs is 1. The van der Waals surface area contributed by atoms with Gasteiger partial charge in [-0.2, -0.15) is 0 Å². The third-order valence-corrected chi connectivity index (χ3v) is 3.25. The fraction of sp³-hybridized carbons (Fsp3) is 1.00. The van der Waals surface area contributed by atoms with Gasteiger partial charge in [-0.25, -0.2) is 0 Å². The summed E-state index contributed by atoms with van der Waals surface area (Å²) < 4.78 is 0. The Morgan fingerprint density at radius 2 is 2.00 bits per heavy atom. The summed E-state index contributed by atoms with van der Waals surface area (Å²) in [6.07, 6.45) is 0. The minimum atomic E-state index is 0.342. The highest BCUT2D eigenvalue weighted by molar-refractivity contribution is 4.91. The molecule has 1 N–H and O–H groups in total. The van der Waals surface area contributed by atoms with Gasteiger partial charge in [-0.3, -0.25) is 9.80 Å². The van der Waals surface area contributed by atoms with E-state index in [0.29, 0.717) is 5.54 Å². The Morgan fingerprint density at radius 1 is 1.23 bits per heavy atom. The van der Waals surface area contributed by atoms with Crippen LogP contribution in [0.1, 0.15) is 20.8 Å². The fourth-order valence-corrected chi connectivity index (χ4v) is 2.28. The van der Waals surface area contributed by atoms with E-state index in [2.05, 4.69) is 35.9 Å². The predicted molar refractivity (Wildman–Crippen MR) is 54.7 cm³/mol. The first kappa shape index (κ1) is 9.44. The highest BCUT2D eigenvalue weighted by atomic mass is 15.4. The molecule has 3 nitrogen and oxygen atoms in total. The van der Waals surface area contributed by atoms with E-state index in [4.69, 9.17) is 0 Å². The van der Waals surface area contributed by atoms with Crippen LogP contribution in [0.25, 0.3) is 0 Å². The summed E-state index contributed by atoms with van der Waals surface area (Å²) in [5.74, 6) is 0. The molecule has 76 valence electrons. The summed E-state index contributed by atoms with van der Waals surface area (Å²) >= 11 is 0. The molecule has 2 aliphatic heterocycles. The van der Waals surface area contributed by atoms with E-state index >= 15 is 0 Å². The third-order valence-electron chi connectivity index (χ3n) is 3.25. The number of nitrogens with one attached hydrogen (secondary N) is 1. The van der Waals surface area contributed by atoms with Crippen molar-refractivity contribution in [3.05, 3.63) is 0 Å². The lowest BCUT2D eigenvalue weighted by atomic mass is 10.0. The number of rotatable bonds is 0. The van der Waals surface area contributed by atoms with Crippen LogP contribution < -0.4 is 5.32 Å². The average Bonchev–Trinajstić information content (AvgIpc) is 2.47. The van der Waals surface area contributed by atoms with E-state index < -0.39 is 0 Å². The van der Waals surface area contributed by atoms with Crippen molar-refractivity contribution in [2.24, 2.45) is 0 Å². The highest BCUT2D eigenvalue weighted by Crippen LogP contribution is 2.20. The molecule has 2 saturated heterocycles. The summed E-state index contributed by atoms with van der Waals surface area (Å²) in [6.45, 7) is 12.9. The SMILES string of the molecule is CC(C)(C)N1CCN2CNCC2C1. The van der Waals surface area contributed by atoms with E-state index in [1.54, 1.807) is 0 Å². The second-order valence-electron chi connectivity index (χ2n) is 5.20. The van der Waals surface area contributed by atoms with Crippen LogP contribution in [0.4, 0.5) is 0 Å². The molecule has 2 aliphatic rings. The van der Waals surface area contributed by atoms with Crippen molar-refractivity contribution in [3.8, 4) is 0 Å². The van der Waals surface area contributed by atoms with Crippen LogP contribution in [-0.4, -0.2) is 54.2 Å². The molecule has 0 saturated carbocycles. The Morgan fingerprint density at radius 3 is 2.69 bits per heavy atom. The molecule has 0 aromatic heterocycles. The fourth-order valence-electron chi connectivity index (χ4n) is 2.28. The van der Waals surface area contributed by atoms with E-state index in [1.807, 2.05) is 0 Å². The monoisotopic (exact) mass is 183 g/mol. The van der Waals surface area contributed by atoms with Crippen molar-refractivity contribution < 1.29 is 0 Å². The third kappa shape index (κ3) is 1.87. The van der Waals surface area contributed by atoms with Crippen LogP contribution >= 0.6 is 0 Å². The second kappa shape index (κ2) is 3.23. The molecule has 3 heteroatoms. The molecule has 0 spiro atoms. The molecule has 2 rings (SSSR count). The Bertz CT molecular complexity index is 185. The minimum Gasteiger partial charge on any atom is -0.303 e. The van der Waals surface area contributed by atoms with Crippen molar-refractivity contribution in [3.63, 3.8) is 0 Å². The zero-order chi connectivity index (χ0) is 9.47. The summed E-state index contributed by atoms with van der Waals surface area (Å²) in [4.78, 5) is 5.16. The smallest absolute Gasteiger partial charge is 0.0485 e. The van der Waals surface area contributed by atoms with Gasteiger partial charge < -0.3 is 5.32 Å². The lowest BCUT2D eigenvalue weighted by Gasteiger charge is -2.43. The van der Waals surface area contributed by atoms with Gasteiger partial charge in [0.15, 0.2) is 0 Å². The first-order chi connectivity index (χ1) is 6.07. The average molecular weight is 183 g/mol. The van der Waals surface area contributed by atoms with Crippen molar-refractivity contribution in [1.29, 1.82) is 0 Å². The standard InChI is InChI=1S/C10H21N3/c1-10(2,3)13-5-4-12-8-11-6-9(12)7-13/h9,11H,4-8H2,1-3H3. The molecular weight excluding hydrogens is 162 g/mol. The van der Waals surface area contributed by atoms with Gasteiger partial charge in [0.1, 0.15) is 0 Å². The van der Waals surface area contributed by atoms with Crippen LogP contribution in [-0.2, 0) is 0 Å². The molecule has 2 heterocycles. The maximum Gasteiger partial charge on any atom is 0.0485 e. The van der Waals surface area contributed by atoms with E-state index in [9.17, 15) is 0 Å². The molecule has 2 fully saturated rings. The molecule has 0 aromatic carbocycles. The summed E-state index contributed by atoms with van der Waals surface area (Å²) in [6, 6.07) is 0.757. The first-order valence-electron chi connectivity index (χ1n) is 5.27. The first-order valence-corrected chi connectivity index (χ1v) is 5.27. The Kier molecular flexibility index (Phi) is 2.34. The largest absolute Gasteiger partial charge is 0.303 e. The molecule has 1 unspecified atom stereocenters. The molecular formula is C10H21N3. The predicted octanol–water partition coefficient (Wildman–Crippen LogP) is 0.332. The van der Waals surface area contributed by atoms with Gasteiger partial charge in [0.2, 0.25) is 0 Å². The van der Waals surface area contributed by atoms with E-state index in [-0.39, 0.29) is 0 Å². The van der Waals surface area contributed by atoms with Crippen LogP contribution in [0.5, 0.6) is 0 Å². The number of piperazine rings is 1. The normalized spacial score (nSPS) is 32.1. The van der Waals surface area contributed by atoms with Gasteiger partial charge in [-0.1, -0.05) is 0 Å². The topological polar surface area (TPSA) is 18.5 Å². The molecule has 0 aliphatic carbocycles. The lowest BCUT2D eigenvalue weighted by Crippen LogP contribution is -2.56. The zero-order valence-electron chi connectivity index (χ0n) is 9.01. The van der Waals surface area contributed by atoms with Gasteiger partial charge in [0.05, 0.1) is 0 Å². The van der Waals surface area contributed by atoms with Gasteiger partial charge in [0.25, 0.3) is 0 Å². The Balaban J connectivity index is 1.97. The van der Waals surface area contributed by atoms with Crippen molar-refractivity contribution in [2.45, 2.75) is 32.4 Å². The van der Waals surface area contributed by atoms with Crippen molar-refractivity contribution in [2.75, 3.05) is 32.8 Å². The maximum atomic E-state index is 3.44. The van der Waals surface area contributed by atoms with Crippen LogP contribution in [0, 0.1) is 0 Å². The number of hydrogen-bond donors (Lipinski definition) is 1. The van der Waals surface area contributed by atoms with Crippen LogP contribution in [0.2, 0.25) is 0 Å². The molecule has 0 radical (unpaired) electrons. The van der Waals surface area contributed by atoms with Crippen molar-refractivity contribution in [1.82, 2.24) is 15.1 Å². The number of nitrogens with zero attached hydrogens (tertiary/aromatic N) is 2. The molecule has 13 heavy (non-hydrogen) atoms. The van der Waals surface area contributed by atoms with Gasteiger partial charge in [0, 0.05) is 44.4 Å². The van der Waals surface area contributed by atoms with Crippen molar-refractivity contribution >= 4 is 0 Å². The minimum absolute atomic E-state index is 0.342. The molecule has 0 amide bonds. The van der Waals surface area contributed by atoms with E-state index in [0.717, 1.165) is 12.7 Å². The van der Waals surface area contributed by atoms with Crippen LogP contribution in [0.3, 0.4) is 0 Å². The van der Waals surface area contributed by atoms with Crippen LogP contribution in [0.15, 0.2) is 0 Å². The Labute approximate surface area is 81.1 Å². The highest BCUT2D eigenvalue weighted by Gasteiger charge is 2.34. The van der Waals surface area contributed by atoms with E-state index in [1.165, 1.54) is 26.2 Å². The van der Waals surface area contributed by atoms with Gasteiger partial charge in [-0.05, 0) is 20.8 Å². The lowest BCUT2D eigenvalue weighted by molar-refractivity contribution is 0.0441. The summed E-state index contributed by atoms with van der Waals surface area (Å²) in [5.41, 5.74) is 0.342. The summed E-state index contributed by atoms with van der Waals surface area (Å²) in [7, 11) is 0. The maximum absolute atomic E-state index is 3.44. The van der Waals surface area contributed by atoms with Gasteiger partial charge >= 0.3 is 0 Å². The quantitative estimate of drug-likeness (QED) is 0.584. The second-order valence-corrected chi connectivity index (χ2v) is 5.20. The Hall–Kier alpha value is -0.120. The summed E-state index contributed by atoms with van der Waals surface area (Å²) in [5, 5.41) is 3.44. The van der Waals surface area contributed by atoms with Gasteiger partial charge in [-0.15, -0.1) is 0 Å². The zero-order valence-corrected chi connectivity index (χ0v) is 9.01.